The van der Waals surface area contributed by atoms with Crippen molar-refractivity contribution in [2.75, 3.05) is 0 Å². The van der Waals surface area contributed by atoms with Crippen molar-refractivity contribution < 1.29 is 19.6 Å². The Balaban J connectivity index is 1.58. The molecule has 1 atom stereocenters. The molecule has 162 valence electrons. The summed E-state index contributed by atoms with van der Waals surface area (Å²) in [5.41, 5.74) is 4.51. The van der Waals surface area contributed by atoms with Crippen LogP contribution >= 0.6 is 0 Å². The first kappa shape index (κ1) is 21.3. The van der Waals surface area contributed by atoms with Crippen molar-refractivity contribution in [3.05, 3.63) is 107 Å². The standard InChI is InChI=1S/C25H23N3O4/c29-23(26-32)21-13-11-20(12-14-21)17-28-24(30)22(15-18-7-3-1-4-8-18)27(25(28)31)16-19-9-5-2-6-10-19/h1-14,22,32H,15-17H2,(H,26,29). The lowest BCUT2D eigenvalue weighted by Gasteiger charge is -2.22. The summed E-state index contributed by atoms with van der Waals surface area (Å²) < 4.78 is 0. The lowest BCUT2D eigenvalue weighted by molar-refractivity contribution is -0.128. The summed E-state index contributed by atoms with van der Waals surface area (Å²) in [6.45, 7) is 0.449. The molecule has 2 N–H and O–H groups in total. The van der Waals surface area contributed by atoms with E-state index in [9.17, 15) is 14.4 Å². The molecule has 0 saturated carbocycles. The van der Waals surface area contributed by atoms with Gasteiger partial charge in [-0.05, 0) is 28.8 Å². The first-order chi connectivity index (χ1) is 15.6. The van der Waals surface area contributed by atoms with Crippen molar-refractivity contribution in [1.82, 2.24) is 15.3 Å². The number of benzene rings is 3. The van der Waals surface area contributed by atoms with Gasteiger partial charge in [-0.15, -0.1) is 0 Å². The predicted molar refractivity (Wildman–Crippen MR) is 118 cm³/mol. The Kier molecular flexibility index (Phi) is 6.28. The number of carbonyl (C=O) groups excluding carboxylic acids is 3. The van der Waals surface area contributed by atoms with Crippen molar-refractivity contribution >= 4 is 17.8 Å². The van der Waals surface area contributed by atoms with Gasteiger partial charge < -0.3 is 4.90 Å². The van der Waals surface area contributed by atoms with Crippen LogP contribution in [0.3, 0.4) is 0 Å². The number of hydrogen-bond donors (Lipinski definition) is 2. The third-order valence-corrected chi connectivity index (χ3v) is 5.53. The molecule has 1 unspecified atom stereocenters. The molecule has 7 heteroatoms. The lowest BCUT2D eigenvalue weighted by atomic mass is 10.0. The molecule has 3 aromatic carbocycles. The molecule has 0 bridgehead atoms. The summed E-state index contributed by atoms with van der Waals surface area (Å²) in [6.07, 6.45) is 0.435. The fraction of sp³-hybridized carbons (Fsp3) is 0.160. The van der Waals surface area contributed by atoms with Gasteiger partial charge >= 0.3 is 6.03 Å². The molecule has 1 fully saturated rings. The minimum Gasteiger partial charge on any atom is -0.308 e. The SMILES string of the molecule is O=C(NO)c1ccc(CN2C(=O)C(Cc3ccccc3)N(Cc3ccccc3)C2=O)cc1. The molecule has 4 rings (SSSR count). The third kappa shape index (κ3) is 4.53. The number of imide groups is 1. The average molecular weight is 429 g/mol. The summed E-state index contributed by atoms with van der Waals surface area (Å²) >= 11 is 0. The highest BCUT2D eigenvalue weighted by Gasteiger charge is 2.44. The number of nitrogens with one attached hydrogen (secondary N) is 1. The van der Waals surface area contributed by atoms with Gasteiger partial charge in [0, 0.05) is 18.5 Å². The van der Waals surface area contributed by atoms with E-state index in [1.54, 1.807) is 22.5 Å². The van der Waals surface area contributed by atoms with Gasteiger partial charge in [0.15, 0.2) is 0 Å². The molecule has 7 nitrogen and oxygen atoms in total. The second kappa shape index (κ2) is 9.45. The van der Waals surface area contributed by atoms with Gasteiger partial charge in [-0.2, -0.15) is 0 Å². The lowest BCUT2D eigenvalue weighted by Crippen LogP contribution is -2.36. The van der Waals surface area contributed by atoms with Gasteiger partial charge in [-0.25, -0.2) is 10.3 Å². The number of nitrogens with zero attached hydrogens (tertiary/aromatic N) is 2. The summed E-state index contributed by atoms with van der Waals surface area (Å²) in [5, 5.41) is 8.75. The number of rotatable bonds is 7. The maximum absolute atomic E-state index is 13.3. The van der Waals surface area contributed by atoms with Crippen LogP contribution in [0.1, 0.15) is 27.0 Å². The van der Waals surface area contributed by atoms with Crippen molar-refractivity contribution in [2.24, 2.45) is 0 Å². The van der Waals surface area contributed by atoms with Gasteiger partial charge in [0.1, 0.15) is 6.04 Å². The van der Waals surface area contributed by atoms with Crippen molar-refractivity contribution in [1.29, 1.82) is 0 Å². The molecular formula is C25H23N3O4. The highest BCUT2D eigenvalue weighted by atomic mass is 16.5. The molecule has 0 aromatic heterocycles. The molecule has 0 aliphatic carbocycles. The molecule has 1 aliphatic rings. The first-order valence-corrected chi connectivity index (χ1v) is 10.3. The molecule has 0 radical (unpaired) electrons. The largest absolute Gasteiger partial charge is 0.328 e. The Bertz CT molecular complexity index is 1040. The van der Waals surface area contributed by atoms with E-state index in [0.717, 1.165) is 11.1 Å². The quantitative estimate of drug-likeness (QED) is 0.342. The van der Waals surface area contributed by atoms with Crippen LogP contribution in [0, 0.1) is 0 Å². The molecule has 32 heavy (non-hydrogen) atoms. The zero-order valence-electron chi connectivity index (χ0n) is 17.3. The van der Waals surface area contributed by atoms with Gasteiger partial charge in [-0.1, -0.05) is 72.8 Å². The number of hydrogen-bond acceptors (Lipinski definition) is 4. The van der Waals surface area contributed by atoms with E-state index in [4.69, 9.17) is 5.21 Å². The summed E-state index contributed by atoms with van der Waals surface area (Å²) in [7, 11) is 0. The summed E-state index contributed by atoms with van der Waals surface area (Å²) in [4.78, 5) is 41.0. The zero-order valence-corrected chi connectivity index (χ0v) is 17.3. The molecule has 1 saturated heterocycles. The van der Waals surface area contributed by atoms with E-state index < -0.39 is 11.9 Å². The first-order valence-electron chi connectivity index (χ1n) is 10.3. The maximum atomic E-state index is 13.3. The van der Waals surface area contributed by atoms with Crippen LogP contribution in [0.4, 0.5) is 4.79 Å². The zero-order chi connectivity index (χ0) is 22.5. The van der Waals surface area contributed by atoms with Crippen LogP contribution in [0.2, 0.25) is 0 Å². The van der Waals surface area contributed by atoms with Gasteiger partial charge in [0.2, 0.25) is 0 Å². The van der Waals surface area contributed by atoms with Crippen LogP contribution in [0.5, 0.6) is 0 Å². The Labute approximate surface area is 185 Å². The van der Waals surface area contributed by atoms with Crippen LogP contribution in [0.15, 0.2) is 84.9 Å². The van der Waals surface area contributed by atoms with E-state index >= 15 is 0 Å². The fourth-order valence-corrected chi connectivity index (χ4v) is 3.84. The Hall–Kier alpha value is -3.97. The van der Waals surface area contributed by atoms with Crippen LogP contribution in [-0.2, 0) is 24.3 Å². The van der Waals surface area contributed by atoms with Crippen molar-refractivity contribution in [3.8, 4) is 0 Å². The van der Waals surface area contributed by atoms with E-state index in [0.29, 0.717) is 18.5 Å². The van der Waals surface area contributed by atoms with Crippen LogP contribution in [0.25, 0.3) is 0 Å². The van der Waals surface area contributed by atoms with E-state index in [2.05, 4.69) is 0 Å². The normalized spacial score (nSPS) is 15.8. The summed E-state index contributed by atoms with van der Waals surface area (Å²) in [5.74, 6) is -0.867. The Morgan fingerprint density at radius 3 is 1.94 bits per heavy atom. The van der Waals surface area contributed by atoms with Crippen LogP contribution < -0.4 is 5.48 Å². The second-order valence-corrected chi connectivity index (χ2v) is 7.66. The third-order valence-electron chi connectivity index (χ3n) is 5.53. The second-order valence-electron chi connectivity index (χ2n) is 7.66. The van der Waals surface area contributed by atoms with Crippen LogP contribution in [-0.4, -0.2) is 38.9 Å². The fourth-order valence-electron chi connectivity index (χ4n) is 3.84. The Morgan fingerprint density at radius 2 is 1.34 bits per heavy atom. The Morgan fingerprint density at radius 1 is 0.781 bits per heavy atom. The number of carbonyl (C=O) groups is 3. The monoisotopic (exact) mass is 429 g/mol. The minimum absolute atomic E-state index is 0.106. The van der Waals surface area contributed by atoms with E-state index in [-0.39, 0.29) is 24.0 Å². The molecular weight excluding hydrogens is 406 g/mol. The molecule has 1 aliphatic heterocycles. The molecule has 3 aromatic rings. The van der Waals surface area contributed by atoms with Crippen molar-refractivity contribution in [2.45, 2.75) is 25.6 Å². The minimum atomic E-state index is -0.623. The van der Waals surface area contributed by atoms with Gasteiger partial charge in [0.05, 0.1) is 6.54 Å². The molecule has 4 amide bonds. The molecule has 0 spiro atoms. The van der Waals surface area contributed by atoms with Gasteiger partial charge in [0.25, 0.3) is 11.8 Å². The highest BCUT2D eigenvalue weighted by molar-refractivity contribution is 6.04. The van der Waals surface area contributed by atoms with E-state index in [1.807, 2.05) is 60.7 Å². The van der Waals surface area contributed by atoms with E-state index in [1.165, 1.54) is 17.0 Å². The average Bonchev–Trinajstić information content (AvgIpc) is 3.04. The smallest absolute Gasteiger partial charge is 0.308 e. The van der Waals surface area contributed by atoms with Gasteiger partial charge in [-0.3, -0.25) is 19.7 Å². The number of hydroxylamine groups is 1. The van der Waals surface area contributed by atoms with Crippen molar-refractivity contribution in [3.63, 3.8) is 0 Å². The molecule has 1 heterocycles. The maximum Gasteiger partial charge on any atom is 0.328 e. The summed E-state index contributed by atoms with van der Waals surface area (Å²) in [6, 6.07) is 24.7. The number of urea groups is 1. The highest BCUT2D eigenvalue weighted by Crippen LogP contribution is 2.25. The topological polar surface area (TPSA) is 89.9 Å². The predicted octanol–water partition coefficient (Wildman–Crippen LogP) is 3.38. The number of amides is 4.